The molecule has 0 fully saturated rings. The first-order chi connectivity index (χ1) is 9.25. The van der Waals surface area contributed by atoms with Crippen molar-refractivity contribution in [2.75, 3.05) is 0 Å². The van der Waals surface area contributed by atoms with Crippen LogP contribution in [0.25, 0.3) is 11.0 Å². The molecule has 1 aromatic heterocycles. The van der Waals surface area contributed by atoms with Crippen LogP contribution in [0.4, 0.5) is 13.2 Å². The Labute approximate surface area is 116 Å². The maximum atomic E-state index is 13.0. The van der Waals surface area contributed by atoms with Crippen LogP contribution in [0.3, 0.4) is 0 Å². The van der Waals surface area contributed by atoms with Crippen LogP contribution in [0.15, 0.2) is 16.5 Å². The van der Waals surface area contributed by atoms with Gasteiger partial charge in [-0.05, 0) is 24.1 Å². The standard InChI is InChI=1S/C13H10ClF3O3/c1-2-3-6-4-7-9(14)11(12(18)19)20-10(7)8(5-6)13(15,16)17/h4-5H,2-3H2,1H3,(H,18,19). The van der Waals surface area contributed by atoms with Crippen molar-refractivity contribution < 1.29 is 27.5 Å². The fourth-order valence-electron chi connectivity index (χ4n) is 2.01. The number of carboxylic acids is 1. The molecule has 0 atom stereocenters. The predicted molar refractivity (Wildman–Crippen MR) is 67.2 cm³/mol. The highest BCUT2D eigenvalue weighted by atomic mass is 35.5. The fraction of sp³-hybridized carbons (Fsp3) is 0.308. The van der Waals surface area contributed by atoms with E-state index in [0.29, 0.717) is 18.4 Å². The monoisotopic (exact) mass is 306 g/mol. The van der Waals surface area contributed by atoms with Gasteiger partial charge in [0.05, 0.1) is 5.56 Å². The maximum absolute atomic E-state index is 13.0. The molecule has 0 aliphatic heterocycles. The zero-order valence-corrected chi connectivity index (χ0v) is 11.1. The Morgan fingerprint density at radius 1 is 1.40 bits per heavy atom. The van der Waals surface area contributed by atoms with Gasteiger partial charge in [0.1, 0.15) is 10.6 Å². The lowest BCUT2D eigenvalue weighted by Gasteiger charge is -2.09. The smallest absolute Gasteiger partial charge is 0.420 e. The normalized spacial score (nSPS) is 12.1. The maximum Gasteiger partial charge on any atom is 0.420 e. The summed E-state index contributed by atoms with van der Waals surface area (Å²) in [6.07, 6.45) is -3.55. The Hall–Kier alpha value is -1.69. The first-order valence-corrected chi connectivity index (χ1v) is 6.19. The van der Waals surface area contributed by atoms with Gasteiger partial charge in [0.15, 0.2) is 0 Å². The number of aromatic carboxylic acids is 1. The van der Waals surface area contributed by atoms with E-state index in [1.807, 2.05) is 6.92 Å². The summed E-state index contributed by atoms with van der Waals surface area (Å²) in [5, 5.41) is 8.54. The zero-order chi connectivity index (χ0) is 15.1. The summed E-state index contributed by atoms with van der Waals surface area (Å²) in [6, 6.07) is 2.41. The molecule has 0 bridgehead atoms. The molecule has 0 saturated heterocycles. The van der Waals surface area contributed by atoms with Gasteiger partial charge in [-0.25, -0.2) is 4.79 Å². The number of hydrogen-bond donors (Lipinski definition) is 1. The molecule has 0 saturated carbocycles. The number of rotatable bonds is 3. The van der Waals surface area contributed by atoms with Crippen molar-refractivity contribution in [1.29, 1.82) is 0 Å². The lowest BCUT2D eigenvalue weighted by atomic mass is 10.0. The molecule has 0 aliphatic carbocycles. The van der Waals surface area contributed by atoms with Gasteiger partial charge in [-0.2, -0.15) is 13.2 Å². The molecule has 1 heterocycles. The van der Waals surface area contributed by atoms with Crippen molar-refractivity contribution in [3.63, 3.8) is 0 Å². The van der Waals surface area contributed by atoms with Gasteiger partial charge >= 0.3 is 12.1 Å². The van der Waals surface area contributed by atoms with E-state index in [-0.39, 0.29) is 10.4 Å². The van der Waals surface area contributed by atoms with Crippen LogP contribution in [0, 0.1) is 0 Å². The second kappa shape index (κ2) is 5.01. The summed E-state index contributed by atoms with van der Waals surface area (Å²) < 4.78 is 43.9. The summed E-state index contributed by atoms with van der Waals surface area (Å²) in [5.41, 5.74) is -1.11. The number of alkyl halides is 3. The first kappa shape index (κ1) is 14.7. The molecule has 1 N–H and O–H groups in total. The minimum absolute atomic E-state index is 0.0256. The van der Waals surface area contributed by atoms with Crippen molar-refractivity contribution >= 4 is 28.5 Å². The third-order valence-corrected chi connectivity index (χ3v) is 3.20. The lowest BCUT2D eigenvalue weighted by Crippen LogP contribution is -2.06. The quantitative estimate of drug-likeness (QED) is 0.889. The highest BCUT2D eigenvalue weighted by Crippen LogP contribution is 2.40. The van der Waals surface area contributed by atoms with E-state index in [9.17, 15) is 18.0 Å². The SMILES string of the molecule is CCCc1cc(C(F)(F)F)c2oc(C(=O)O)c(Cl)c2c1. The van der Waals surface area contributed by atoms with Gasteiger partial charge in [-0.3, -0.25) is 0 Å². The molecule has 1 aromatic carbocycles. The molecule has 20 heavy (non-hydrogen) atoms. The Balaban J connectivity index is 2.81. The Morgan fingerprint density at radius 2 is 2.05 bits per heavy atom. The van der Waals surface area contributed by atoms with E-state index < -0.39 is 29.1 Å². The molecule has 3 nitrogen and oxygen atoms in total. The van der Waals surface area contributed by atoms with Crippen LogP contribution in [-0.4, -0.2) is 11.1 Å². The van der Waals surface area contributed by atoms with Crippen LogP contribution in [-0.2, 0) is 12.6 Å². The Kier molecular flexibility index (Phi) is 3.69. The van der Waals surface area contributed by atoms with E-state index >= 15 is 0 Å². The highest BCUT2D eigenvalue weighted by Gasteiger charge is 2.36. The second-order valence-corrected chi connectivity index (χ2v) is 4.70. The van der Waals surface area contributed by atoms with E-state index in [1.165, 1.54) is 6.07 Å². The summed E-state index contributed by atoms with van der Waals surface area (Å²) in [5.74, 6) is -2.18. The van der Waals surface area contributed by atoms with Crippen LogP contribution in [0.1, 0.15) is 35.0 Å². The topological polar surface area (TPSA) is 50.4 Å². The summed E-state index contributed by atoms with van der Waals surface area (Å²) >= 11 is 5.80. The number of carboxylic acid groups (broad SMARTS) is 1. The Bertz CT molecular complexity index is 674. The molecule has 2 aromatic rings. The van der Waals surface area contributed by atoms with Crippen molar-refractivity contribution in [2.24, 2.45) is 0 Å². The molecular weight excluding hydrogens is 297 g/mol. The number of furan rings is 1. The first-order valence-electron chi connectivity index (χ1n) is 5.81. The van der Waals surface area contributed by atoms with Crippen molar-refractivity contribution in [1.82, 2.24) is 0 Å². The summed E-state index contributed by atoms with van der Waals surface area (Å²) in [7, 11) is 0. The summed E-state index contributed by atoms with van der Waals surface area (Å²) in [4.78, 5) is 10.9. The average Bonchev–Trinajstić information content (AvgIpc) is 2.66. The van der Waals surface area contributed by atoms with Gasteiger partial charge in [0.25, 0.3) is 0 Å². The van der Waals surface area contributed by atoms with Crippen molar-refractivity contribution in [3.8, 4) is 0 Å². The number of carbonyl (C=O) groups is 1. The Morgan fingerprint density at radius 3 is 2.55 bits per heavy atom. The highest BCUT2D eigenvalue weighted by molar-refractivity contribution is 6.38. The lowest BCUT2D eigenvalue weighted by molar-refractivity contribution is -0.136. The van der Waals surface area contributed by atoms with Gasteiger partial charge in [0, 0.05) is 5.39 Å². The van der Waals surface area contributed by atoms with E-state index in [2.05, 4.69) is 0 Å². The number of aryl methyl sites for hydroxylation is 1. The number of benzene rings is 1. The molecule has 0 amide bonds. The van der Waals surface area contributed by atoms with E-state index in [0.717, 1.165) is 6.07 Å². The minimum Gasteiger partial charge on any atom is -0.475 e. The zero-order valence-electron chi connectivity index (χ0n) is 10.3. The average molecular weight is 307 g/mol. The van der Waals surface area contributed by atoms with Crippen LogP contribution < -0.4 is 0 Å². The number of hydrogen-bond acceptors (Lipinski definition) is 2. The van der Waals surface area contributed by atoms with E-state index in [4.69, 9.17) is 21.1 Å². The van der Waals surface area contributed by atoms with Crippen molar-refractivity contribution in [3.05, 3.63) is 34.0 Å². The largest absolute Gasteiger partial charge is 0.475 e. The van der Waals surface area contributed by atoms with Gasteiger partial charge < -0.3 is 9.52 Å². The molecular formula is C13H10ClF3O3. The van der Waals surface area contributed by atoms with Gasteiger partial charge in [-0.15, -0.1) is 0 Å². The minimum atomic E-state index is -4.64. The third-order valence-electron chi connectivity index (χ3n) is 2.83. The predicted octanol–water partition coefficient (Wildman–Crippen LogP) is 4.76. The van der Waals surface area contributed by atoms with Crippen molar-refractivity contribution in [2.45, 2.75) is 25.9 Å². The third kappa shape index (κ3) is 2.47. The molecule has 2 rings (SSSR count). The van der Waals surface area contributed by atoms with Crippen LogP contribution >= 0.6 is 11.6 Å². The van der Waals surface area contributed by atoms with Gasteiger partial charge in [0.2, 0.25) is 5.76 Å². The summed E-state index contributed by atoms with van der Waals surface area (Å²) in [6.45, 7) is 1.83. The molecule has 108 valence electrons. The molecule has 0 aliphatic rings. The molecule has 0 unspecified atom stereocenters. The molecule has 0 spiro atoms. The van der Waals surface area contributed by atoms with Crippen LogP contribution in [0.5, 0.6) is 0 Å². The van der Waals surface area contributed by atoms with Gasteiger partial charge in [-0.1, -0.05) is 24.9 Å². The number of halogens is 4. The van der Waals surface area contributed by atoms with E-state index in [1.54, 1.807) is 0 Å². The number of fused-ring (bicyclic) bond motifs is 1. The van der Waals surface area contributed by atoms with Crippen LogP contribution in [0.2, 0.25) is 5.02 Å². The fourth-order valence-corrected chi connectivity index (χ4v) is 2.27. The molecule has 7 heteroatoms. The second-order valence-electron chi connectivity index (χ2n) is 4.32. The molecule has 0 radical (unpaired) electrons.